The molecule has 2 amide bonds. The minimum absolute atomic E-state index is 0.0831. The molecule has 1 aliphatic rings. The van der Waals surface area contributed by atoms with Gasteiger partial charge in [0.05, 0.1) is 5.92 Å². The summed E-state index contributed by atoms with van der Waals surface area (Å²) in [5, 5.41) is 0. The first-order valence-electron chi connectivity index (χ1n) is 11.0. The van der Waals surface area contributed by atoms with Crippen LogP contribution in [0, 0.1) is 19.8 Å². The quantitative estimate of drug-likeness (QED) is 0.629. The monoisotopic (exact) mass is 427 g/mol. The molecule has 3 aromatic rings. The van der Waals surface area contributed by atoms with Gasteiger partial charge in [0.25, 0.3) is 5.91 Å². The third-order valence-corrected chi connectivity index (χ3v) is 6.03. The van der Waals surface area contributed by atoms with Gasteiger partial charge in [0.15, 0.2) is 0 Å². The highest BCUT2D eigenvalue weighted by Crippen LogP contribution is 2.24. The van der Waals surface area contributed by atoms with Gasteiger partial charge in [-0.05, 0) is 49.1 Å². The third-order valence-electron chi connectivity index (χ3n) is 6.03. The Balaban J connectivity index is 1.52. The Kier molecular flexibility index (Phi) is 6.35. The zero-order chi connectivity index (χ0) is 22.7. The van der Waals surface area contributed by atoms with Gasteiger partial charge < -0.3 is 9.80 Å². The molecule has 2 heterocycles. The van der Waals surface area contributed by atoms with Crippen molar-refractivity contribution in [3.8, 4) is 11.1 Å². The summed E-state index contributed by atoms with van der Waals surface area (Å²) in [6.45, 7) is 5.66. The molecule has 4 rings (SSSR count). The lowest BCUT2D eigenvalue weighted by molar-refractivity contribution is -0.133. The molecular weight excluding hydrogens is 398 g/mol. The standard InChI is InChI=1S/C27H29N3O2/c1-19-14-20(2)16-23(15-19)22-9-7-21(8-10-22)17-24-18-30(13-12-29(3)26(24)31)27(32)25-6-4-5-11-28-25/h4-11,14-16,24H,12-13,17-18H2,1-3H3/t24-/m0/s1. The number of likely N-dealkylation sites (N-methyl/N-ethyl adjacent to an activating group) is 1. The molecule has 0 bridgehead atoms. The Hall–Kier alpha value is -3.47. The minimum atomic E-state index is -0.276. The molecule has 32 heavy (non-hydrogen) atoms. The molecule has 0 unspecified atom stereocenters. The van der Waals surface area contributed by atoms with Crippen LogP contribution in [0.2, 0.25) is 0 Å². The molecular formula is C27H29N3O2. The van der Waals surface area contributed by atoms with Crippen molar-refractivity contribution in [1.82, 2.24) is 14.8 Å². The maximum Gasteiger partial charge on any atom is 0.272 e. The van der Waals surface area contributed by atoms with Gasteiger partial charge in [0.2, 0.25) is 5.91 Å². The molecule has 5 heteroatoms. The first kappa shape index (κ1) is 21.8. The van der Waals surface area contributed by atoms with Crippen LogP contribution in [-0.2, 0) is 11.2 Å². The van der Waals surface area contributed by atoms with E-state index in [4.69, 9.17) is 0 Å². The summed E-state index contributed by atoms with van der Waals surface area (Å²) in [6.07, 6.45) is 2.22. The highest BCUT2D eigenvalue weighted by molar-refractivity contribution is 5.93. The van der Waals surface area contributed by atoms with Crippen LogP contribution in [0.1, 0.15) is 27.2 Å². The van der Waals surface area contributed by atoms with Crippen molar-refractivity contribution in [2.24, 2.45) is 5.92 Å². The van der Waals surface area contributed by atoms with E-state index in [2.05, 4.69) is 61.3 Å². The van der Waals surface area contributed by atoms with Crippen LogP contribution >= 0.6 is 0 Å². The van der Waals surface area contributed by atoms with Crippen molar-refractivity contribution in [3.05, 3.63) is 89.2 Å². The molecule has 1 fully saturated rings. The number of benzene rings is 2. The van der Waals surface area contributed by atoms with Gasteiger partial charge >= 0.3 is 0 Å². The summed E-state index contributed by atoms with van der Waals surface area (Å²) in [4.78, 5) is 33.6. The lowest BCUT2D eigenvalue weighted by atomic mass is 9.95. The van der Waals surface area contributed by atoms with Crippen LogP contribution < -0.4 is 0 Å². The second-order valence-corrected chi connectivity index (χ2v) is 8.70. The summed E-state index contributed by atoms with van der Waals surface area (Å²) < 4.78 is 0. The fourth-order valence-electron chi connectivity index (χ4n) is 4.37. The number of aryl methyl sites for hydroxylation is 2. The van der Waals surface area contributed by atoms with Crippen LogP contribution in [-0.4, -0.2) is 53.3 Å². The van der Waals surface area contributed by atoms with Crippen LogP contribution in [0.4, 0.5) is 0 Å². The number of hydrogen-bond acceptors (Lipinski definition) is 3. The topological polar surface area (TPSA) is 53.5 Å². The first-order chi connectivity index (χ1) is 15.4. The van der Waals surface area contributed by atoms with Crippen molar-refractivity contribution >= 4 is 11.8 Å². The van der Waals surface area contributed by atoms with Crippen molar-refractivity contribution < 1.29 is 9.59 Å². The van der Waals surface area contributed by atoms with Crippen LogP contribution in [0.25, 0.3) is 11.1 Å². The van der Waals surface area contributed by atoms with E-state index in [9.17, 15) is 9.59 Å². The van der Waals surface area contributed by atoms with E-state index in [1.807, 2.05) is 13.1 Å². The lowest BCUT2D eigenvalue weighted by Gasteiger charge is -2.23. The number of pyridine rings is 1. The van der Waals surface area contributed by atoms with E-state index < -0.39 is 0 Å². The van der Waals surface area contributed by atoms with E-state index in [0.29, 0.717) is 31.7 Å². The van der Waals surface area contributed by atoms with Crippen molar-refractivity contribution in [2.75, 3.05) is 26.7 Å². The molecule has 164 valence electrons. The van der Waals surface area contributed by atoms with Gasteiger partial charge in [0.1, 0.15) is 5.69 Å². The molecule has 5 nitrogen and oxygen atoms in total. The molecule has 0 spiro atoms. The average molecular weight is 428 g/mol. The fourth-order valence-corrected chi connectivity index (χ4v) is 4.37. The third kappa shape index (κ3) is 4.88. The Morgan fingerprint density at radius 2 is 1.69 bits per heavy atom. The fraction of sp³-hybridized carbons (Fsp3) is 0.296. The maximum atomic E-state index is 13.0. The predicted molar refractivity (Wildman–Crippen MR) is 126 cm³/mol. The molecule has 1 atom stereocenters. The Morgan fingerprint density at radius 3 is 2.34 bits per heavy atom. The highest BCUT2D eigenvalue weighted by Gasteiger charge is 2.31. The van der Waals surface area contributed by atoms with Crippen LogP contribution in [0.15, 0.2) is 66.9 Å². The zero-order valence-electron chi connectivity index (χ0n) is 18.9. The van der Waals surface area contributed by atoms with Crippen molar-refractivity contribution in [2.45, 2.75) is 20.3 Å². The SMILES string of the molecule is Cc1cc(C)cc(-c2ccc(C[C@H]3CN(C(=O)c4ccccn4)CCN(C)C3=O)cc2)c1. The van der Waals surface area contributed by atoms with Crippen molar-refractivity contribution in [3.63, 3.8) is 0 Å². The van der Waals surface area contributed by atoms with Gasteiger partial charge in [-0.3, -0.25) is 14.6 Å². The number of rotatable bonds is 4. The summed E-state index contributed by atoms with van der Waals surface area (Å²) in [5.74, 6) is -0.314. The van der Waals surface area contributed by atoms with E-state index >= 15 is 0 Å². The van der Waals surface area contributed by atoms with Gasteiger partial charge in [-0.15, -0.1) is 0 Å². The summed E-state index contributed by atoms with van der Waals surface area (Å²) in [6, 6.07) is 20.3. The Morgan fingerprint density at radius 1 is 0.969 bits per heavy atom. The number of carbonyl (C=O) groups is 2. The van der Waals surface area contributed by atoms with Gasteiger partial charge in [-0.1, -0.05) is 59.7 Å². The molecule has 1 saturated heterocycles. The van der Waals surface area contributed by atoms with E-state index in [1.165, 1.54) is 16.7 Å². The van der Waals surface area contributed by atoms with Crippen molar-refractivity contribution in [1.29, 1.82) is 0 Å². The second-order valence-electron chi connectivity index (χ2n) is 8.70. The number of carbonyl (C=O) groups excluding carboxylic acids is 2. The number of amides is 2. The lowest BCUT2D eigenvalue weighted by Crippen LogP contribution is -2.37. The molecule has 0 radical (unpaired) electrons. The Bertz CT molecular complexity index is 1090. The van der Waals surface area contributed by atoms with E-state index in [-0.39, 0.29) is 17.7 Å². The smallest absolute Gasteiger partial charge is 0.272 e. The average Bonchev–Trinajstić information content (AvgIpc) is 2.93. The summed E-state index contributed by atoms with van der Waals surface area (Å²) in [5.41, 5.74) is 6.36. The second kappa shape index (κ2) is 9.35. The number of nitrogens with zero attached hydrogens (tertiary/aromatic N) is 3. The Labute approximate surface area is 189 Å². The molecule has 2 aromatic carbocycles. The molecule has 0 aliphatic carbocycles. The molecule has 1 aliphatic heterocycles. The van der Waals surface area contributed by atoms with Gasteiger partial charge in [-0.2, -0.15) is 0 Å². The highest BCUT2D eigenvalue weighted by atomic mass is 16.2. The van der Waals surface area contributed by atoms with Gasteiger partial charge in [-0.25, -0.2) is 0 Å². The van der Waals surface area contributed by atoms with Gasteiger partial charge in [0, 0.05) is 32.9 Å². The first-order valence-corrected chi connectivity index (χ1v) is 11.0. The number of aromatic nitrogens is 1. The zero-order valence-corrected chi connectivity index (χ0v) is 18.9. The predicted octanol–water partition coefficient (Wildman–Crippen LogP) is 4.14. The summed E-state index contributed by atoms with van der Waals surface area (Å²) in [7, 11) is 1.81. The molecule has 1 aromatic heterocycles. The van der Waals surface area contributed by atoms with E-state index in [0.717, 1.165) is 11.1 Å². The number of hydrogen-bond donors (Lipinski definition) is 0. The van der Waals surface area contributed by atoms with Crippen LogP contribution in [0.5, 0.6) is 0 Å². The van der Waals surface area contributed by atoms with E-state index in [1.54, 1.807) is 28.1 Å². The minimum Gasteiger partial charge on any atom is -0.344 e. The molecule has 0 saturated carbocycles. The maximum absolute atomic E-state index is 13.0. The molecule has 0 N–H and O–H groups in total. The normalized spacial score (nSPS) is 16.7. The largest absolute Gasteiger partial charge is 0.344 e. The summed E-state index contributed by atoms with van der Waals surface area (Å²) >= 11 is 0. The van der Waals surface area contributed by atoms with Crippen LogP contribution in [0.3, 0.4) is 0 Å².